The van der Waals surface area contributed by atoms with Crippen LogP contribution in [0.4, 0.5) is 0 Å². The minimum atomic E-state index is 0.562. The van der Waals surface area contributed by atoms with Gasteiger partial charge in [0.05, 0.1) is 16.6 Å². The van der Waals surface area contributed by atoms with Gasteiger partial charge in [-0.1, -0.05) is 48.5 Å². The van der Waals surface area contributed by atoms with Crippen molar-refractivity contribution in [2.24, 2.45) is 0 Å². The number of furan rings is 1. The molecule has 0 fully saturated rings. The minimum absolute atomic E-state index is 0.562. The molecular formula is C25H14N2O. The Hall–Kier alpha value is -4.03. The van der Waals surface area contributed by atoms with Crippen molar-refractivity contribution in [3.8, 4) is 11.8 Å². The average molecular weight is 358 g/mol. The topological polar surface area (TPSA) is 41.9 Å². The van der Waals surface area contributed by atoms with Crippen molar-refractivity contribution in [3.05, 3.63) is 90.5 Å². The number of nitriles is 1. The highest BCUT2D eigenvalue weighted by Gasteiger charge is 2.14. The van der Waals surface area contributed by atoms with Crippen LogP contribution in [0.25, 0.3) is 49.4 Å². The molecule has 0 N–H and O–H groups in total. The maximum absolute atomic E-state index is 9.39. The van der Waals surface area contributed by atoms with Crippen molar-refractivity contribution >= 4 is 43.7 Å². The smallest absolute Gasteiger partial charge is 0.153 e. The normalized spacial score (nSPS) is 11.5. The number of benzene rings is 4. The van der Waals surface area contributed by atoms with E-state index in [0.717, 1.165) is 22.0 Å². The average Bonchev–Trinajstić information content (AvgIpc) is 3.29. The number of hydrogen-bond donors (Lipinski definition) is 0. The Labute approximate surface area is 160 Å². The van der Waals surface area contributed by atoms with E-state index in [1.54, 1.807) is 6.07 Å². The molecule has 0 aliphatic carbocycles. The lowest BCUT2D eigenvalue weighted by Crippen LogP contribution is -1.93. The van der Waals surface area contributed by atoms with E-state index in [1.807, 2.05) is 18.2 Å². The first-order valence-electron chi connectivity index (χ1n) is 9.19. The van der Waals surface area contributed by atoms with E-state index in [9.17, 15) is 5.26 Å². The van der Waals surface area contributed by atoms with Crippen LogP contribution in [0.3, 0.4) is 0 Å². The van der Waals surface area contributed by atoms with Gasteiger partial charge in [0.15, 0.2) is 5.58 Å². The first kappa shape index (κ1) is 15.1. The van der Waals surface area contributed by atoms with E-state index < -0.39 is 0 Å². The van der Waals surface area contributed by atoms with Gasteiger partial charge in [-0.3, -0.25) is 0 Å². The third-order valence-corrected chi connectivity index (χ3v) is 5.44. The summed E-state index contributed by atoms with van der Waals surface area (Å²) in [4.78, 5) is 0. The van der Waals surface area contributed by atoms with Crippen LogP contribution in [0.15, 0.2) is 89.3 Å². The van der Waals surface area contributed by atoms with Crippen molar-refractivity contribution < 1.29 is 4.42 Å². The molecule has 0 saturated carbocycles. The number of nitrogens with zero attached hydrogens (tertiary/aromatic N) is 2. The summed E-state index contributed by atoms with van der Waals surface area (Å²) in [6, 6.07) is 31.1. The molecule has 2 aromatic heterocycles. The molecule has 130 valence electrons. The molecule has 0 saturated heterocycles. The fourth-order valence-electron chi connectivity index (χ4n) is 4.21. The van der Waals surface area contributed by atoms with E-state index in [1.165, 1.54) is 21.8 Å². The Morgan fingerprint density at radius 2 is 1.36 bits per heavy atom. The van der Waals surface area contributed by atoms with Crippen LogP contribution in [-0.2, 0) is 0 Å². The predicted molar refractivity (Wildman–Crippen MR) is 113 cm³/mol. The lowest BCUT2D eigenvalue weighted by molar-refractivity contribution is 0.667. The first-order chi connectivity index (χ1) is 13.8. The van der Waals surface area contributed by atoms with Crippen molar-refractivity contribution in [1.82, 2.24) is 4.57 Å². The Kier molecular flexibility index (Phi) is 2.95. The van der Waals surface area contributed by atoms with Crippen LogP contribution in [0.2, 0.25) is 0 Å². The molecule has 0 bridgehead atoms. The minimum Gasteiger partial charge on any atom is -0.455 e. The highest BCUT2D eigenvalue weighted by atomic mass is 16.3. The van der Waals surface area contributed by atoms with Crippen LogP contribution in [0.1, 0.15) is 5.56 Å². The van der Waals surface area contributed by atoms with Crippen LogP contribution < -0.4 is 0 Å². The van der Waals surface area contributed by atoms with Crippen molar-refractivity contribution in [3.63, 3.8) is 0 Å². The summed E-state index contributed by atoms with van der Waals surface area (Å²) in [6.07, 6.45) is 0. The maximum atomic E-state index is 9.39. The number of aromatic nitrogens is 1. The summed E-state index contributed by atoms with van der Waals surface area (Å²) in [7, 11) is 0. The number of rotatable bonds is 1. The predicted octanol–water partition coefficient (Wildman–Crippen LogP) is 6.55. The van der Waals surface area contributed by atoms with Gasteiger partial charge in [-0.25, -0.2) is 0 Å². The second-order valence-corrected chi connectivity index (χ2v) is 6.95. The third kappa shape index (κ3) is 1.92. The lowest BCUT2D eigenvalue weighted by Gasteiger charge is -2.07. The highest BCUT2D eigenvalue weighted by molar-refractivity contribution is 6.10. The van der Waals surface area contributed by atoms with Crippen LogP contribution in [-0.4, -0.2) is 4.57 Å². The van der Waals surface area contributed by atoms with E-state index in [0.29, 0.717) is 11.1 Å². The van der Waals surface area contributed by atoms with Gasteiger partial charge in [-0.15, -0.1) is 0 Å². The van der Waals surface area contributed by atoms with E-state index in [-0.39, 0.29) is 0 Å². The monoisotopic (exact) mass is 358 g/mol. The van der Waals surface area contributed by atoms with Crippen molar-refractivity contribution in [1.29, 1.82) is 5.26 Å². The van der Waals surface area contributed by atoms with Crippen LogP contribution >= 0.6 is 0 Å². The van der Waals surface area contributed by atoms with Gasteiger partial charge in [-0.2, -0.15) is 5.26 Å². The SMILES string of the molecule is N#Cc1cccc2c1oc1ccc(-n3c4ccccc4c4ccccc43)cc12. The molecule has 0 amide bonds. The molecule has 3 heteroatoms. The zero-order chi connectivity index (χ0) is 18.7. The van der Waals surface area contributed by atoms with E-state index >= 15 is 0 Å². The Balaban J connectivity index is 1.74. The first-order valence-corrected chi connectivity index (χ1v) is 9.19. The molecule has 4 aromatic carbocycles. The van der Waals surface area contributed by atoms with E-state index in [4.69, 9.17) is 4.42 Å². The Morgan fingerprint density at radius 3 is 2.07 bits per heavy atom. The standard InChI is InChI=1S/C25H14N2O/c26-15-16-6-5-9-20-21-14-17(12-13-24(21)28-25(16)20)27-22-10-3-1-7-18(22)19-8-2-4-11-23(19)27/h1-14H. The quantitative estimate of drug-likeness (QED) is 0.334. The van der Waals surface area contributed by atoms with Gasteiger partial charge < -0.3 is 8.98 Å². The van der Waals surface area contributed by atoms with Gasteiger partial charge in [-0.05, 0) is 36.4 Å². The summed E-state index contributed by atoms with van der Waals surface area (Å²) in [6.45, 7) is 0. The molecule has 0 aliphatic heterocycles. The molecule has 0 unspecified atom stereocenters. The van der Waals surface area contributed by atoms with Gasteiger partial charge in [0, 0.05) is 27.2 Å². The van der Waals surface area contributed by atoms with Gasteiger partial charge in [0.25, 0.3) is 0 Å². The summed E-state index contributed by atoms with van der Waals surface area (Å²) in [5.41, 5.74) is 5.44. The molecule has 2 heterocycles. The Bertz CT molecular complexity index is 1520. The van der Waals surface area contributed by atoms with Gasteiger partial charge in [0.1, 0.15) is 11.7 Å². The van der Waals surface area contributed by atoms with Crippen molar-refractivity contribution in [2.45, 2.75) is 0 Å². The number of hydrogen-bond acceptors (Lipinski definition) is 2. The summed E-state index contributed by atoms with van der Waals surface area (Å²) >= 11 is 0. The zero-order valence-electron chi connectivity index (χ0n) is 14.9. The maximum Gasteiger partial charge on any atom is 0.153 e. The molecular weight excluding hydrogens is 344 g/mol. The Morgan fingerprint density at radius 1 is 0.679 bits per heavy atom. The molecule has 28 heavy (non-hydrogen) atoms. The van der Waals surface area contributed by atoms with Crippen LogP contribution in [0.5, 0.6) is 0 Å². The molecule has 0 aliphatic rings. The second kappa shape index (κ2) is 5.48. The van der Waals surface area contributed by atoms with Crippen LogP contribution in [0, 0.1) is 11.3 Å². The lowest BCUT2D eigenvalue weighted by atomic mass is 10.1. The molecule has 0 spiro atoms. The van der Waals surface area contributed by atoms with Gasteiger partial charge >= 0.3 is 0 Å². The molecule has 3 nitrogen and oxygen atoms in total. The fraction of sp³-hybridized carbons (Fsp3) is 0. The summed E-state index contributed by atoms with van der Waals surface area (Å²) < 4.78 is 8.28. The highest BCUT2D eigenvalue weighted by Crippen LogP contribution is 2.35. The van der Waals surface area contributed by atoms with Crippen molar-refractivity contribution in [2.75, 3.05) is 0 Å². The van der Waals surface area contributed by atoms with E-state index in [2.05, 4.69) is 71.3 Å². The third-order valence-electron chi connectivity index (χ3n) is 5.44. The number of fused-ring (bicyclic) bond motifs is 6. The summed E-state index contributed by atoms with van der Waals surface area (Å²) in [5.74, 6) is 0. The second-order valence-electron chi connectivity index (χ2n) is 6.95. The largest absolute Gasteiger partial charge is 0.455 e. The fourth-order valence-corrected chi connectivity index (χ4v) is 4.21. The molecule has 6 rings (SSSR count). The molecule has 6 aromatic rings. The zero-order valence-corrected chi connectivity index (χ0v) is 14.9. The van der Waals surface area contributed by atoms with Gasteiger partial charge in [0.2, 0.25) is 0 Å². The number of para-hydroxylation sites is 3. The molecule has 0 radical (unpaired) electrons. The summed E-state index contributed by atoms with van der Waals surface area (Å²) in [5, 5.41) is 13.9. The molecule has 0 atom stereocenters.